The summed E-state index contributed by atoms with van der Waals surface area (Å²) in [6.07, 6.45) is 2.56. The second-order valence-electron chi connectivity index (χ2n) is 5.06. The lowest BCUT2D eigenvalue weighted by atomic mass is 10.1. The molecule has 0 aliphatic carbocycles. The van der Waals surface area contributed by atoms with Crippen LogP contribution in [0.5, 0.6) is 5.75 Å². The Morgan fingerprint density at radius 2 is 1.94 bits per heavy atom. The highest BCUT2D eigenvalue weighted by Gasteiger charge is 2.19. The van der Waals surface area contributed by atoms with E-state index >= 15 is 0 Å². The zero-order valence-electron chi connectivity index (χ0n) is 11.1. The molecule has 0 saturated carbocycles. The number of hydrogen-bond acceptors (Lipinski definition) is 2. The van der Waals surface area contributed by atoms with Crippen molar-refractivity contribution in [1.29, 1.82) is 0 Å². The maximum Gasteiger partial charge on any atom is 0.148 e. The molecular weight excluding hydrogens is 224 g/mol. The van der Waals surface area contributed by atoms with Gasteiger partial charge in [-0.15, -0.1) is 0 Å². The summed E-state index contributed by atoms with van der Waals surface area (Å²) in [6, 6.07) is 8.46. The Labute approximate surface area is 108 Å². The van der Waals surface area contributed by atoms with Gasteiger partial charge in [-0.3, -0.25) is 0 Å². The normalized spacial score (nSPS) is 17.2. The Hall–Kier alpha value is -1.48. The summed E-state index contributed by atoms with van der Waals surface area (Å²) in [5.41, 5.74) is 2.47. The zero-order valence-corrected chi connectivity index (χ0v) is 11.1. The first-order chi connectivity index (χ1) is 8.77. The third-order valence-electron chi connectivity index (χ3n) is 3.91. The molecule has 0 unspecified atom stereocenters. The molecular formula is C15H20N2O. The third-order valence-corrected chi connectivity index (χ3v) is 3.91. The molecule has 3 nitrogen and oxygen atoms in total. The molecule has 0 spiro atoms. The fraction of sp³-hybridized carbons (Fsp3) is 0.467. The van der Waals surface area contributed by atoms with E-state index in [-0.39, 0.29) is 0 Å². The van der Waals surface area contributed by atoms with E-state index in [0.29, 0.717) is 6.10 Å². The average molecular weight is 244 g/mol. The van der Waals surface area contributed by atoms with E-state index in [1.54, 1.807) is 0 Å². The van der Waals surface area contributed by atoms with Crippen LogP contribution >= 0.6 is 0 Å². The molecule has 96 valence electrons. The lowest BCUT2D eigenvalue weighted by Crippen LogP contribution is -2.34. The van der Waals surface area contributed by atoms with Crippen LogP contribution in [0.1, 0.15) is 18.5 Å². The average Bonchev–Trinajstić information content (AvgIpc) is 2.66. The SMILES string of the molecule is Cc1c(OC2CCNCC2)c2ccccc2n1C. The molecule has 1 fully saturated rings. The predicted octanol–water partition coefficient (Wildman–Crippen LogP) is 2.62. The highest BCUT2D eigenvalue weighted by molar-refractivity contribution is 5.88. The summed E-state index contributed by atoms with van der Waals surface area (Å²) in [5.74, 6) is 1.07. The second kappa shape index (κ2) is 4.65. The van der Waals surface area contributed by atoms with Crippen molar-refractivity contribution in [2.45, 2.75) is 25.9 Å². The van der Waals surface area contributed by atoms with Crippen LogP contribution in [-0.2, 0) is 7.05 Å². The van der Waals surface area contributed by atoms with Gasteiger partial charge < -0.3 is 14.6 Å². The topological polar surface area (TPSA) is 26.2 Å². The standard InChI is InChI=1S/C15H20N2O/c1-11-15(18-12-7-9-16-10-8-12)13-5-3-4-6-14(13)17(11)2/h3-6,12,16H,7-10H2,1-2H3. The van der Waals surface area contributed by atoms with Crippen molar-refractivity contribution < 1.29 is 4.74 Å². The summed E-state index contributed by atoms with van der Waals surface area (Å²) >= 11 is 0. The number of benzene rings is 1. The van der Waals surface area contributed by atoms with Crippen molar-refractivity contribution in [1.82, 2.24) is 9.88 Å². The van der Waals surface area contributed by atoms with Crippen LogP contribution in [0, 0.1) is 6.92 Å². The Balaban J connectivity index is 1.97. The first kappa shape index (κ1) is 11.6. The van der Waals surface area contributed by atoms with Crippen molar-refractivity contribution in [2.24, 2.45) is 7.05 Å². The molecule has 1 saturated heterocycles. The number of fused-ring (bicyclic) bond motifs is 1. The minimum Gasteiger partial charge on any atom is -0.488 e. The summed E-state index contributed by atoms with van der Waals surface area (Å²) in [6.45, 7) is 4.26. The molecule has 2 aromatic rings. The molecule has 3 heteroatoms. The van der Waals surface area contributed by atoms with E-state index in [1.807, 2.05) is 0 Å². The maximum atomic E-state index is 6.26. The number of aromatic nitrogens is 1. The van der Waals surface area contributed by atoms with E-state index in [2.05, 4.69) is 48.1 Å². The first-order valence-corrected chi connectivity index (χ1v) is 6.69. The summed E-state index contributed by atoms with van der Waals surface area (Å²) in [4.78, 5) is 0. The van der Waals surface area contributed by atoms with E-state index in [4.69, 9.17) is 4.74 Å². The molecule has 18 heavy (non-hydrogen) atoms. The number of piperidine rings is 1. The number of rotatable bonds is 2. The molecule has 0 atom stereocenters. The maximum absolute atomic E-state index is 6.26. The van der Waals surface area contributed by atoms with Crippen LogP contribution in [0.3, 0.4) is 0 Å². The molecule has 1 aliphatic rings. The minimum absolute atomic E-state index is 0.357. The first-order valence-electron chi connectivity index (χ1n) is 6.69. The molecule has 0 bridgehead atoms. The van der Waals surface area contributed by atoms with Crippen molar-refractivity contribution in [3.8, 4) is 5.75 Å². The van der Waals surface area contributed by atoms with E-state index in [1.165, 1.54) is 16.6 Å². The molecule has 3 rings (SSSR count). The van der Waals surface area contributed by atoms with Crippen LogP contribution < -0.4 is 10.1 Å². The largest absolute Gasteiger partial charge is 0.488 e. The van der Waals surface area contributed by atoms with Crippen molar-refractivity contribution in [2.75, 3.05) is 13.1 Å². The summed E-state index contributed by atoms with van der Waals surface area (Å²) in [5, 5.41) is 4.60. The van der Waals surface area contributed by atoms with Gasteiger partial charge in [-0.1, -0.05) is 12.1 Å². The van der Waals surface area contributed by atoms with Crippen LogP contribution in [0.15, 0.2) is 24.3 Å². The molecule has 0 amide bonds. The van der Waals surface area contributed by atoms with Gasteiger partial charge in [-0.05, 0) is 45.0 Å². The number of nitrogens with one attached hydrogen (secondary N) is 1. The van der Waals surface area contributed by atoms with Crippen molar-refractivity contribution >= 4 is 10.9 Å². The number of para-hydroxylation sites is 1. The fourth-order valence-electron chi connectivity index (χ4n) is 2.71. The van der Waals surface area contributed by atoms with Gasteiger partial charge in [0, 0.05) is 12.4 Å². The van der Waals surface area contributed by atoms with Crippen LogP contribution in [-0.4, -0.2) is 23.8 Å². The molecule has 1 aromatic heterocycles. The van der Waals surface area contributed by atoms with Crippen molar-refractivity contribution in [3.63, 3.8) is 0 Å². The third kappa shape index (κ3) is 1.89. The number of ether oxygens (including phenoxy) is 1. The number of nitrogens with zero attached hydrogens (tertiary/aromatic N) is 1. The van der Waals surface area contributed by atoms with E-state index < -0.39 is 0 Å². The Morgan fingerprint density at radius 1 is 1.22 bits per heavy atom. The van der Waals surface area contributed by atoms with E-state index in [9.17, 15) is 0 Å². The highest BCUT2D eigenvalue weighted by atomic mass is 16.5. The van der Waals surface area contributed by atoms with Gasteiger partial charge in [0.1, 0.15) is 11.9 Å². The van der Waals surface area contributed by atoms with Gasteiger partial charge in [-0.25, -0.2) is 0 Å². The van der Waals surface area contributed by atoms with Crippen molar-refractivity contribution in [3.05, 3.63) is 30.0 Å². The molecule has 1 N–H and O–H groups in total. The number of aryl methyl sites for hydroxylation is 1. The number of hydrogen-bond donors (Lipinski definition) is 1. The molecule has 0 radical (unpaired) electrons. The minimum atomic E-state index is 0.357. The molecule has 1 aliphatic heterocycles. The lowest BCUT2D eigenvalue weighted by Gasteiger charge is -2.24. The lowest BCUT2D eigenvalue weighted by molar-refractivity contribution is 0.163. The smallest absolute Gasteiger partial charge is 0.148 e. The summed E-state index contributed by atoms with van der Waals surface area (Å²) in [7, 11) is 2.10. The Morgan fingerprint density at radius 3 is 2.72 bits per heavy atom. The summed E-state index contributed by atoms with van der Waals surface area (Å²) < 4.78 is 8.47. The van der Waals surface area contributed by atoms with Crippen LogP contribution in [0.4, 0.5) is 0 Å². The van der Waals surface area contributed by atoms with Crippen LogP contribution in [0.25, 0.3) is 10.9 Å². The van der Waals surface area contributed by atoms with Crippen LogP contribution in [0.2, 0.25) is 0 Å². The Kier molecular flexibility index (Phi) is 3.00. The van der Waals surface area contributed by atoms with Gasteiger partial charge >= 0.3 is 0 Å². The van der Waals surface area contributed by atoms with Gasteiger partial charge in [0.15, 0.2) is 0 Å². The monoisotopic (exact) mass is 244 g/mol. The van der Waals surface area contributed by atoms with Gasteiger partial charge in [0.05, 0.1) is 11.2 Å². The zero-order chi connectivity index (χ0) is 12.5. The molecule has 1 aromatic carbocycles. The van der Waals surface area contributed by atoms with E-state index in [0.717, 1.165) is 31.7 Å². The second-order valence-corrected chi connectivity index (χ2v) is 5.06. The highest BCUT2D eigenvalue weighted by Crippen LogP contribution is 2.33. The molecule has 2 heterocycles. The Bertz CT molecular complexity index is 553. The fourth-order valence-corrected chi connectivity index (χ4v) is 2.71. The van der Waals surface area contributed by atoms with Gasteiger partial charge in [-0.2, -0.15) is 0 Å². The quantitative estimate of drug-likeness (QED) is 0.879. The van der Waals surface area contributed by atoms with Gasteiger partial charge in [0.2, 0.25) is 0 Å². The predicted molar refractivity (Wildman–Crippen MR) is 74.2 cm³/mol. The van der Waals surface area contributed by atoms with Gasteiger partial charge in [0.25, 0.3) is 0 Å².